The van der Waals surface area contributed by atoms with Crippen molar-refractivity contribution in [1.82, 2.24) is 9.80 Å². The number of β-amino-alcohol motifs (C(OH)–C–C–N with tert-alkyl or cyclic N) is 1. The van der Waals surface area contributed by atoms with Gasteiger partial charge in [0.15, 0.2) is 0 Å². The first kappa shape index (κ1) is 17.2. The Morgan fingerprint density at radius 2 is 1.83 bits per heavy atom. The molecule has 0 aliphatic carbocycles. The van der Waals surface area contributed by atoms with Crippen LogP contribution >= 0.6 is 0 Å². The number of piperidine rings is 2. The smallest absolute Gasteiger partial charge is 0.219 e. The molecule has 132 valence electrons. The van der Waals surface area contributed by atoms with E-state index in [0.717, 1.165) is 44.6 Å². The van der Waals surface area contributed by atoms with Crippen molar-refractivity contribution in [1.29, 1.82) is 0 Å². The number of likely N-dealkylation sites (tertiary alicyclic amines) is 2. The molecule has 0 spiro atoms. The van der Waals surface area contributed by atoms with Crippen LogP contribution in [0.25, 0.3) is 0 Å². The fourth-order valence-corrected chi connectivity index (χ4v) is 3.89. The first-order valence-electron chi connectivity index (χ1n) is 8.89. The van der Waals surface area contributed by atoms with Crippen molar-refractivity contribution in [2.45, 2.75) is 50.9 Å². The van der Waals surface area contributed by atoms with Crippen molar-refractivity contribution in [3.63, 3.8) is 0 Å². The second-order valence-electron chi connectivity index (χ2n) is 7.27. The molecule has 0 aromatic heterocycles. The Kier molecular flexibility index (Phi) is 5.11. The van der Waals surface area contributed by atoms with Crippen molar-refractivity contribution < 1.29 is 14.6 Å². The number of ether oxygens (including phenoxy) is 1. The van der Waals surface area contributed by atoms with Gasteiger partial charge in [0, 0.05) is 39.1 Å². The van der Waals surface area contributed by atoms with Crippen LogP contribution in [0.3, 0.4) is 0 Å². The monoisotopic (exact) mass is 332 g/mol. The molecule has 5 heteroatoms. The van der Waals surface area contributed by atoms with Crippen molar-refractivity contribution in [2.75, 3.05) is 26.2 Å². The molecular weight excluding hydrogens is 304 g/mol. The molecule has 0 bridgehead atoms. The summed E-state index contributed by atoms with van der Waals surface area (Å²) in [6.45, 7) is 6.70. The van der Waals surface area contributed by atoms with Gasteiger partial charge in [-0.15, -0.1) is 0 Å². The molecule has 1 N–H and O–H groups in total. The summed E-state index contributed by atoms with van der Waals surface area (Å²) in [6.07, 6.45) is 2.60. The summed E-state index contributed by atoms with van der Waals surface area (Å²) in [7, 11) is 0. The van der Waals surface area contributed by atoms with Crippen LogP contribution in [0.4, 0.5) is 0 Å². The highest BCUT2D eigenvalue weighted by molar-refractivity contribution is 5.73. The summed E-state index contributed by atoms with van der Waals surface area (Å²) in [5.41, 5.74) is -0.869. The minimum Gasteiger partial charge on any atom is -0.487 e. The number of amides is 1. The molecule has 2 aliphatic heterocycles. The van der Waals surface area contributed by atoms with Crippen LogP contribution in [0, 0.1) is 0 Å². The number of carbonyl (C=O) groups excluding carboxylic acids is 1. The molecule has 24 heavy (non-hydrogen) atoms. The third-order valence-electron chi connectivity index (χ3n) is 5.34. The molecule has 1 aromatic rings. The minimum absolute atomic E-state index is 0.162. The molecule has 2 fully saturated rings. The quantitative estimate of drug-likeness (QED) is 0.919. The van der Waals surface area contributed by atoms with Crippen molar-refractivity contribution in [3.8, 4) is 5.75 Å². The molecule has 2 saturated heterocycles. The molecule has 0 saturated carbocycles. The van der Waals surface area contributed by atoms with Gasteiger partial charge >= 0.3 is 0 Å². The lowest BCUT2D eigenvalue weighted by Gasteiger charge is -2.47. The summed E-state index contributed by atoms with van der Waals surface area (Å²) in [4.78, 5) is 15.8. The zero-order valence-electron chi connectivity index (χ0n) is 14.6. The van der Waals surface area contributed by atoms with Gasteiger partial charge in [-0.25, -0.2) is 0 Å². The number of hydrogen-bond donors (Lipinski definition) is 1. The van der Waals surface area contributed by atoms with Gasteiger partial charge < -0.3 is 14.7 Å². The van der Waals surface area contributed by atoms with Gasteiger partial charge in [0.2, 0.25) is 5.91 Å². The minimum atomic E-state index is -0.869. The van der Waals surface area contributed by atoms with Crippen molar-refractivity contribution in [2.24, 2.45) is 0 Å². The summed E-state index contributed by atoms with van der Waals surface area (Å²) >= 11 is 0. The van der Waals surface area contributed by atoms with Crippen LogP contribution in [-0.4, -0.2) is 64.7 Å². The SMILES string of the molecule is CC(=O)N1CCC(N2CC[C@H](Oc3ccccc3)[C@@](C)(O)C2)CC1. The Hall–Kier alpha value is -1.59. The Bertz CT molecular complexity index is 553. The maximum atomic E-state index is 11.5. The largest absolute Gasteiger partial charge is 0.487 e. The lowest BCUT2D eigenvalue weighted by Crippen LogP contribution is -2.60. The van der Waals surface area contributed by atoms with Gasteiger partial charge in [-0.1, -0.05) is 18.2 Å². The van der Waals surface area contributed by atoms with E-state index in [9.17, 15) is 9.90 Å². The van der Waals surface area contributed by atoms with Crippen LogP contribution in [0.5, 0.6) is 5.75 Å². The van der Waals surface area contributed by atoms with E-state index in [1.54, 1.807) is 6.92 Å². The van der Waals surface area contributed by atoms with E-state index in [-0.39, 0.29) is 12.0 Å². The molecule has 1 amide bonds. The third-order valence-corrected chi connectivity index (χ3v) is 5.34. The lowest BCUT2D eigenvalue weighted by atomic mass is 9.89. The molecule has 2 heterocycles. The fraction of sp³-hybridized carbons (Fsp3) is 0.632. The number of nitrogens with zero attached hydrogens (tertiary/aromatic N) is 2. The van der Waals surface area contributed by atoms with E-state index in [4.69, 9.17) is 4.74 Å². The average molecular weight is 332 g/mol. The van der Waals surface area contributed by atoms with E-state index in [1.807, 2.05) is 42.2 Å². The van der Waals surface area contributed by atoms with Gasteiger partial charge in [0.05, 0.1) is 0 Å². The predicted molar refractivity (Wildman–Crippen MR) is 92.9 cm³/mol. The Morgan fingerprint density at radius 3 is 2.42 bits per heavy atom. The number of rotatable bonds is 3. The summed E-state index contributed by atoms with van der Waals surface area (Å²) in [6, 6.07) is 10.2. The van der Waals surface area contributed by atoms with Crippen LogP contribution in [-0.2, 0) is 4.79 Å². The summed E-state index contributed by atoms with van der Waals surface area (Å²) in [5.74, 6) is 0.974. The van der Waals surface area contributed by atoms with Gasteiger partial charge in [0.1, 0.15) is 17.5 Å². The number of hydrogen-bond acceptors (Lipinski definition) is 4. The van der Waals surface area contributed by atoms with Gasteiger partial charge in [-0.3, -0.25) is 9.69 Å². The topological polar surface area (TPSA) is 53.0 Å². The van der Waals surface area contributed by atoms with E-state index in [1.165, 1.54) is 0 Å². The van der Waals surface area contributed by atoms with Gasteiger partial charge in [-0.2, -0.15) is 0 Å². The number of benzene rings is 1. The molecule has 2 atom stereocenters. The molecule has 3 rings (SSSR count). The van der Waals surface area contributed by atoms with E-state index < -0.39 is 5.60 Å². The average Bonchev–Trinajstić information content (AvgIpc) is 2.57. The zero-order valence-corrected chi connectivity index (χ0v) is 14.6. The number of carbonyl (C=O) groups is 1. The highest BCUT2D eigenvalue weighted by Crippen LogP contribution is 2.29. The Balaban J connectivity index is 1.57. The first-order chi connectivity index (χ1) is 11.5. The molecular formula is C19H28N2O3. The highest BCUT2D eigenvalue weighted by atomic mass is 16.5. The standard InChI is InChI=1S/C19H28N2O3/c1-15(22)20-11-8-16(9-12-20)21-13-10-18(19(2,23)14-21)24-17-6-4-3-5-7-17/h3-7,16,18,23H,8-14H2,1-2H3/t18-,19-/m0/s1. The number of para-hydroxylation sites is 1. The summed E-state index contributed by atoms with van der Waals surface area (Å²) in [5, 5.41) is 10.9. The maximum Gasteiger partial charge on any atom is 0.219 e. The molecule has 0 radical (unpaired) electrons. The van der Waals surface area contributed by atoms with Gasteiger partial charge in [-0.05, 0) is 38.3 Å². The van der Waals surface area contributed by atoms with Crippen molar-refractivity contribution in [3.05, 3.63) is 30.3 Å². The van der Waals surface area contributed by atoms with Gasteiger partial charge in [0.25, 0.3) is 0 Å². The van der Waals surface area contributed by atoms with Crippen LogP contribution in [0.2, 0.25) is 0 Å². The Labute approximate surface area is 144 Å². The molecule has 2 aliphatic rings. The van der Waals surface area contributed by atoms with Crippen LogP contribution in [0.1, 0.15) is 33.1 Å². The Morgan fingerprint density at radius 1 is 1.17 bits per heavy atom. The molecule has 5 nitrogen and oxygen atoms in total. The van der Waals surface area contributed by atoms with E-state index in [2.05, 4.69) is 4.90 Å². The first-order valence-corrected chi connectivity index (χ1v) is 8.89. The predicted octanol–water partition coefficient (Wildman–Crippen LogP) is 1.90. The number of aliphatic hydroxyl groups is 1. The fourth-order valence-electron chi connectivity index (χ4n) is 3.89. The summed E-state index contributed by atoms with van der Waals surface area (Å²) < 4.78 is 6.03. The zero-order chi connectivity index (χ0) is 17.2. The lowest BCUT2D eigenvalue weighted by molar-refractivity contribution is -0.132. The highest BCUT2D eigenvalue weighted by Gasteiger charge is 2.42. The second kappa shape index (κ2) is 7.11. The van der Waals surface area contributed by atoms with E-state index >= 15 is 0 Å². The van der Waals surface area contributed by atoms with E-state index in [0.29, 0.717) is 12.6 Å². The van der Waals surface area contributed by atoms with Crippen LogP contribution < -0.4 is 4.74 Å². The third kappa shape index (κ3) is 3.90. The molecule has 1 aromatic carbocycles. The molecule has 0 unspecified atom stereocenters. The second-order valence-corrected chi connectivity index (χ2v) is 7.27. The van der Waals surface area contributed by atoms with Crippen molar-refractivity contribution >= 4 is 5.91 Å². The van der Waals surface area contributed by atoms with Crippen LogP contribution in [0.15, 0.2) is 30.3 Å². The normalized spacial score (nSPS) is 29.5. The maximum absolute atomic E-state index is 11.5.